The highest BCUT2D eigenvalue weighted by Gasteiger charge is 1.97. The highest BCUT2D eigenvalue weighted by Crippen LogP contribution is 2.01. The molecule has 3 heteroatoms. The average Bonchev–Trinajstić information content (AvgIpc) is 1.72. The fourth-order valence-corrected chi connectivity index (χ4v) is 0.164. The summed E-state index contributed by atoms with van der Waals surface area (Å²) in [6.45, 7) is 3.47. The van der Waals surface area contributed by atoms with Gasteiger partial charge < -0.3 is 14.2 Å². The highest BCUT2D eigenvalue weighted by atomic mass is 16.8. The molecule has 1 saturated heterocycles. The Bertz CT molecular complexity index is 21.5. The fraction of sp³-hybridized carbons (Fsp3) is 0. The first-order valence-corrected chi connectivity index (χ1v) is 1.41. The van der Waals surface area contributed by atoms with Crippen molar-refractivity contribution in [2.45, 2.75) is 0 Å². The molecule has 1 aliphatic heterocycles. The van der Waals surface area contributed by atoms with Crippen LogP contribution in [-0.2, 0) is 14.2 Å². The molecule has 1 rings (SSSR count). The van der Waals surface area contributed by atoms with Crippen molar-refractivity contribution in [1.82, 2.24) is 0 Å². The van der Waals surface area contributed by atoms with Crippen molar-refractivity contribution in [3.8, 4) is 0 Å². The summed E-state index contributed by atoms with van der Waals surface area (Å²) in [4.78, 5) is 0. The first-order chi connectivity index (χ1) is 3.00. The standard InChI is InChI=1S/C3H3O3/c1-4-2-6-3-5-1/h1-3H. The van der Waals surface area contributed by atoms with Gasteiger partial charge in [-0.2, -0.15) is 0 Å². The first kappa shape index (κ1) is 4.05. The van der Waals surface area contributed by atoms with Crippen LogP contribution in [0.3, 0.4) is 0 Å². The van der Waals surface area contributed by atoms with E-state index in [1.54, 1.807) is 0 Å². The molecule has 6 heavy (non-hydrogen) atoms. The molecule has 3 nitrogen and oxygen atoms in total. The molecule has 0 bridgehead atoms. The lowest BCUT2D eigenvalue weighted by Crippen LogP contribution is -1.99. The van der Waals surface area contributed by atoms with Gasteiger partial charge in [0.25, 0.3) is 0 Å². The molecule has 0 spiro atoms. The molecule has 0 aliphatic carbocycles. The van der Waals surface area contributed by atoms with E-state index in [9.17, 15) is 0 Å². The van der Waals surface area contributed by atoms with Gasteiger partial charge in [-0.15, -0.1) is 0 Å². The zero-order valence-electron chi connectivity index (χ0n) is 2.96. The topological polar surface area (TPSA) is 27.7 Å². The van der Waals surface area contributed by atoms with E-state index < -0.39 is 0 Å². The summed E-state index contributed by atoms with van der Waals surface area (Å²) in [7, 11) is 0. The van der Waals surface area contributed by atoms with E-state index >= 15 is 0 Å². The van der Waals surface area contributed by atoms with Crippen LogP contribution in [-0.4, -0.2) is 0 Å². The van der Waals surface area contributed by atoms with Gasteiger partial charge in [0.05, 0.1) is 0 Å². The normalized spacial score (nSPS) is 24.0. The van der Waals surface area contributed by atoms with E-state index in [0.717, 1.165) is 20.4 Å². The van der Waals surface area contributed by atoms with E-state index in [-0.39, 0.29) is 0 Å². The average molecular weight is 87.1 g/mol. The predicted octanol–water partition coefficient (Wildman–Crippen LogP) is 0.408. The maximum absolute atomic E-state index is 4.34. The molecule has 0 amide bonds. The summed E-state index contributed by atoms with van der Waals surface area (Å²) in [5.74, 6) is 0. The van der Waals surface area contributed by atoms with Crippen LogP contribution < -0.4 is 0 Å². The maximum atomic E-state index is 4.34. The number of ether oxygens (including phenoxy) is 3. The lowest BCUT2D eigenvalue weighted by Gasteiger charge is -2.07. The number of hydrogen-bond donors (Lipinski definition) is 0. The van der Waals surface area contributed by atoms with Crippen LogP contribution in [0, 0.1) is 20.4 Å². The predicted molar refractivity (Wildman–Crippen MR) is 16.2 cm³/mol. The van der Waals surface area contributed by atoms with Gasteiger partial charge in [0.15, 0.2) is 0 Å². The quantitative estimate of drug-likeness (QED) is 0.428. The van der Waals surface area contributed by atoms with Crippen molar-refractivity contribution in [3.63, 3.8) is 0 Å². The summed E-state index contributed by atoms with van der Waals surface area (Å²) in [6, 6.07) is 0. The van der Waals surface area contributed by atoms with Crippen LogP contribution in [0.15, 0.2) is 0 Å². The van der Waals surface area contributed by atoms with Crippen molar-refractivity contribution in [1.29, 1.82) is 0 Å². The van der Waals surface area contributed by atoms with Crippen molar-refractivity contribution >= 4 is 0 Å². The van der Waals surface area contributed by atoms with Crippen molar-refractivity contribution < 1.29 is 14.2 Å². The molecule has 1 fully saturated rings. The Labute approximate surface area is 35.8 Å². The van der Waals surface area contributed by atoms with Gasteiger partial charge in [0, 0.05) is 0 Å². The van der Waals surface area contributed by atoms with Gasteiger partial charge in [-0.25, -0.2) is 0 Å². The zero-order chi connectivity index (χ0) is 4.24. The molecule has 0 N–H and O–H groups in total. The molecule has 33 valence electrons. The molecule has 3 radical (unpaired) electrons. The smallest absolute Gasteiger partial charge is 0.215 e. The van der Waals surface area contributed by atoms with Crippen molar-refractivity contribution in [2.24, 2.45) is 0 Å². The Balaban J connectivity index is 2.00. The fourth-order valence-electron chi connectivity index (χ4n) is 0.164. The van der Waals surface area contributed by atoms with Crippen LogP contribution in [0.2, 0.25) is 0 Å². The Morgan fingerprint density at radius 1 is 0.667 bits per heavy atom. The van der Waals surface area contributed by atoms with E-state index in [1.807, 2.05) is 0 Å². The Morgan fingerprint density at radius 2 is 1.00 bits per heavy atom. The van der Waals surface area contributed by atoms with Gasteiger partial charge in [-0.3, -0.25) is 0 Å². The SMILES string of the molecule is [CH]1O[CH]O[CH]O1. The molecule has 1 heterocycles. The summed E-state index contributed by atoms with van der Waals surface area (Å²) >= 11 is 0. The Hall–Kier alpha value is -0.120. The molecule has 0 aromatic carbocycles. The first-order valence-electron chi connectivity index (χ1n) is 1.41. The Kier molecular flexibility index (Phi) is 1.43. The molecule has 1 aliphatic rings. The molecule has 0 saturated carbocycles. The van der Waals surface area contributed by atoms with Crippen LogP contribution in [0.25, 0.3) is 0 Å². The second-order valence-corrected chi connectivity index (χ2v) is 0.697. The monoisotopic (exact) mass is 87.0 g/mol. The van der Waals surface area contributed by atoms with Crippen molar-refractivity contribution in [3.05, 3.63) is 20.4 Å². The van der Waals surface area contributed by atoms with Crippen LogP contribution in [0.1, 0.15) is 0 Å². The third-order valence-corrected chi connectivity index (χ3v) is 0.333. The number of rotatable bonds is 0. The van der Waals surface area contributed by atoms with Gasteiger partial charge >= 0.3 is 0 Å². The maximum Gasteiger partial charge on any atom is 0.215 e. The van der Waals surface area contributed by atoms with Gasteiger partial charge in [0.1, 0.15) is 0 Å². The van der Waals surface area contributed by atoms with E-state index in [2.05, 4.69) is 14.2 Å². The minimum absolute atomic E-state index is 1.16. The largest absolute Gasteiger partial charge is 0.313 e. The highest BCUT2D eigenvalue weighted by molar-refractivity contribution is 4.44. The third kappa shape index (κ3) is 0.931. The second-order valence-electron chi connectivity index (χ2n) is 0.697. The molecule has 0 aromatic heterocycles. The third-order valence-electron chi connectivity index (χ3n) is 0.333. The minimum atomic E-state index is 1.16. The van der Waals surface area contributed by atoms with E-state index in [4.69, 9.17) is 0 Å². The molecule has 0 aromatic rings. The molecular formula is C3H3O3. The van der Waals surface area contributed by atoms with Crippen LogP contribution in [0.5, 0.6) is 0 Å². The molecule has 0 unspecified atom stereocenters. The van der Waals surface area contributed by atoms with E-state index in [0.29, 0.717) is 0 Å². The number of hydrogen-bond acceptors (Lipinski definition) is 3. The molecule has 0 atom stereocenters. The van der Waals surface area contributed by atoms with Gasteiger partial charge in [-0.05, 0) is 0 Å². The summed E-state index contributed by atoms with van der Waals surface area (Å²) in [5, 5.41) is 0. The Morgan fingerprint density at radius 3 is 1.17 bits per heavy atom. The van der Waals surface area contributed by atoms with E-state index in [1.165, 1.54) is 0 Å². The van der Waals surface area contributed by atoms with Gasteiger partial charge in [0.2, 0.25) is 20.4 Å². The lowest BCUT2D eigenvalue weighted by molar-refractivity contribution is -0.107. The van der Waals surface area contributed by atoms with Crippen molar-refractivity contribution in [2.75, 3.05) is 0 Å². The van der Waals surface area contributed by atoms with Crippen LogP contribution >= 0.6 is 0 Å². The minimum Gasteiger partial charge on any atom is -0.313 e. The summed E-state index contributed by atoms with van der Waals surface area (Å²) < 4.78 is 13.0. The van der Waals surface area contributed by atoms with Crippen LogP contribution in [0.4, 0.5) is 0 Å². The van der Waals surface area contributed by atoms with Gasteiger partial charge in [-0.1, -0.05) is 0 Å². The summed E-state index contributed by atoms with van der Waals surface area (Å²) in [5.41, 5.74) is 0. The second kappa shape index (κ2) is 2.12. The molecular weight excluding hydrogens is 84.0 g/mol. The zero-order valence-corrected chi connectivity index (χ0v) is 2.96. The summed E-state index contributed by atoms with van der Waals surface area (Å²) in [6.07, 6.45) is 0. The lowest BCUT2D eigenvalue weighted by atomic mass is 11.2.